The standard InChI is InChI=1S/C25H28O3.C16H36N/c1-14-6-21(12-19-8-15(2)23(26)16(3)9-19)25(28)22(7-14)13-20-10-17(4)24(27)18(5)11-20;1-5-9-13-17(14-10-6-2,15-11-7-3)16-12-8-4/h6-11,26-28H,12-13H2,1-5H3;5-16H2,1-4H3/q;+1/p-1. The van der Waals surface area contributed by atoms with E-state index in [1.807, 2.05) is 71.0 Å². The molecule has 4 heteroatoms. The van der Waals surface area contributed by atoms with Gasteiger partial charge in [0.25, 0.3) is 0 Å². The van der Waals surface area contributed by atoms with Gasteiger partial charge in [0.1, 0.15) is 11.5 Å². The summed E-state index contributed by atoms with van der Waals surface area (Å²) in [7, 11) is 0. The number of hydrogen-bond donors (Lipinski definition) is 2. The van der Waals surface area contributed by atoms with Crippen molar-refractivity contribution in [2.24, 2.45) is 0 Å². The molecule has 0 radical (unpaired) electrons. The molecule has 0 unspecified atom stereocenters. The molecule has 0 aliphatic rings. The smallest absolute Gasteiger partial charge is 0.121 e. The first kappa shape index (κ1) is 38.2. The van der Waals surface area contributed by atoms with Gasteiger partial charge in [-0.25, -0.2) is 0 Å². The van der Waals surface area contributed by atoms with Crippen molar-refractivity contribution in [3.05, 3.63) is 86.5 Å². The van der Waals surface area contributed by atoms with Crippen molar-refractivity contribution in [2.75, 3.05) is 26.2 Å². The lowest BCUT2D eigenvalue weighted by atomic mass is 9.93. The van der Waals surface area contributed by atoms with Crippen LogP contribution in [0.2, 0.25) is 0 Å². The van der Waals surface area contributed by atoms with Crippen molar-refractivity contribution in [2.45, 2.75) is 127 Å². The molecule has 3 aromatic carbocycles. The summed E-state index contributed by atoms with van der Waals surface area (Å²) in [6, 6.07) is 11.7. The van der Waals surface area contributed by atoms with Gasteiger partial charge in [-0.1, -0.05) is 106 Å². The van der Waals surface area contributed by atoms with Crippen LogP contribution < -0.4 is 5.11 Å². The maximum atomic E-state index is 13.1. The zero-order valence-corrected chi connectivity index (χ0v) is 30.1. The highest BCUT2D eigenvalue weighted by molar-refractivity contribution is 5.50. The van der Waals surface area contributed by atoms with E-state index in [0.29, 0.717) is 24.3 Å². The van der Waals surface area contributed by atoms with Crippen LogP contribution in [-0.4, -0.2) is 40.9 Å². The van der Waals surface area contributed by atoms with Crippen molar-refractivity contribution in [1.82, 2.24) is 0 Å². The predicted molar refractivity (Wildman–Crippen MR) is 191 cm³/mol. The van der Waals surface area contributed by atoms with Crippen LogP contribution >= 0.6 is 0 Å². The summed E-state index contributed by atoms with van der Waals surface area (Å²) >= 11 is 0. The Bertz CT molecular complexity index is 1180. The van der Waals surface area contributed by atoms with E-state index in [-0.39, 0.29) is 5.75 Å². The normalized spacial score (nSPS) is 11.4. The van der Waals surface area contributed by atoms with Gasteiger partial charge >= 0.3 is 0 Å². The molecule has 0 atom stereocenters. The second kappa shape index (κ2) is 18.9. The number of quaternary nitrogens is 1. The van der Waals surface area contributed by atoms with Crippen LogP contribution in [0.1, 0.15) is 129 Å². The molecule has 3 aromatic rings. The van der Waals surface area contributed by atoms with Gasteiger partial charge in [0.2, 0.25) is 0 Å². The van der Waals surface area contributed by atoms with Crippen LogP contribution in [0, 0.1) is 34.6 Å². The summed E-state index contributed by atoms with van der Waals surface area (Å²) in [5.41, 5.74) is 7.95. The summed E-state index contributed by atoms with van der Waals surface area (Å²) < 4.78 is 1.42. The maximum absolute atomic E-state index is 13.1. The number of aryl methyl sites for hydroxylation is 5. The first-order valence-corrected chi connectivity index (χ1v) is 17.6. The Balaban J connectivity index is 0.000000358. The van der Waals surface area contributed by atoms with Crippen molar-refractivity contribution < 1.29 is 19.8 Å². The van der Waals surface area contributed by atoms with Crippen LogP contribution in [0.15, 0.2) is 36.4 Å². The number of rotatable bonds is 16. The van der Waals surface area contributed by atoms with Crippen molar-refractivity contribution in [1.29, 1.82) is 0 Å². The molecule has 0 aromatic heterocycles. The predicted octanol–water partition coefficient (Wildman–Crippen LogP) is 9.90. The maximum Gasteiger partial charge on any atom is 0.121 e. The van der Waals surface area contributed by atoms with Crippen LogP contribution in [0.3, 0.4) is 0 Å². The molecule has 0 saturated carbocycles. The van der Waals surface area contributed by atoms with E-state index in [2.05, 4.69) is 27.7 Å². The molecule has 0 aliphatic heterocycles. The van der Waals surface area contributed by atoms with E-state index in [0.717, 1.165) is 50.1 Å². The fourth-order valence-corrected chi connectivity index (χ4v) is 6.57. The Kier molecular flexibility index (Phi) is 16.0. The van der Waals surface area contributed by atoms with Crippen molar-refractivity contribution in [3.63, 3.8) is 0 Å². The summed E-state index contributed by atoms with van der Waals surface area (Å²) in [5.74, 6) is 0.695. The van der Waals surface area contributed by atoms with Crippen LogP contribution in [0.4, 0.5) is 0 Å². The lowest BCUT2D eigenvalue weighted by Gasteiger charge is -2.39. The number of hydrogen-bond acceptors (Lipinski definition) is 3. The van der Waals surface area contributed by atoms with Crippen LogP contribution in [0.5, 0.6) is 17.2 Å². The third kappa shape index (κ3) is 11.7. The Labute approximate surface area is 275 Å². The Hall–Kier alpha value is -2.98. The van der Waals surface area contributed by atoms with Gasteiger partial charge in [-0.15, -0.1) is 5.75 Å². The zero-order chi connectivity index (χ0) is 33.6. The fraction of sp³-hybridized carbons (Fsp3) is 0.561. The molecule has 0 aliphatic carbocycles. The van der Waals surface area contributed by atoms with E-state index in [4.69, 9.17) is 0 Å². The monoisotopic (exact) mass is 617 g/mol. The lowest BCUT2D eigenvalue weighted by Crippen LogP contribution is -2.50. The molecule has 4 nitrogen and oxygen atoms in total. The largest absolute Gasteiger partial charge is 0.872 e. The average Bonchev–Trinajstić information content (AvgIpc) is 3.00. The van der Waals surface area contributed by atoms with Crippen molar-refractivity contribution in [3.8, 4) is 17.2 Å². The third-order valence-corrected chi connectivity index (χ3v) is 9.22. The first-order chi connectivity index (χ1) is 21.4. The van der Waals surface area contributed by atoms with Gasteiger partial charge < -0.3 is 19.8 Å². The summed E-state index contributed by atoms with van der Waals surface area (Å²) in [4.78, 5) is 0. The number of nitrogens with zero attached hydrogens (tertiary/aromatic N) is 1. The van der Waals surface area contributed by atoms with Gasteiger partial charge in [-0.05, 0) is 107 Å². The van der Waals surface area contributed by atoms with Gasteiger partial charge in [0.05, 0.1) is 26.2 Å². The molecule has 3 rings (SSSR count). The molecule has 2 N–H and O–H groups in total. The Morgan fingerprint density at radius 3 is 1.07 bits per heavy atom. The quantitative estimate of drug-likeness (QED) is 0.157. The topological polar surface area (TPSA) is 63.5 Å². The summed E-state index contributed by atoms with van der Waals surface area (Å²) in [5, 5.41) is 33.1. The molecule has 0 spiro atoms. The SMILES string of the molecule is CCCC[N+](CCCC)(CCCC)CCCC.Cc1cc(Cc2cc(C)c(O)c(C)c2)c([O-])c(Cc2cc(C)c(O)c(C)c2)c1. The molecule has 0 fully saturated rings. The van der Waals surface area contributed by atoms with Gasteiger partial charge in [0.15, 0.2) is 0 Å². The third-order valence-electron chi connectivity index (χ3n) is 9.22. The molecule has 0 heterocycles. The molecule has 45 heavy (non-hydrogen) atoms. The number of phenolic OH excluding ortho intramolecular Hbond substituents is 2. The van der Waals surface area contributed by atoms with E-state index in [9.17, 15) is 15.3 Å². The average molecular weight is 618 g/mol. The van der Waals surface area contributed by atoms with Crippen LogP contribution in [-0.2, 0) is 12.8 Å². The van der Waals surface area contributed by atoms with Gasteiger partial charge in [-0.3, -0.25) is 0 Å². The second-order valence-electron chi connectivity index (χ2n) is 13.6. The van der Waals surface area contributed by atoms with E-state index in [1.165, 1.54) is 82.0 Å². The summed E-state index contributed by atoms with van der Waals surface area (Å²) in [6.45, 7) is 24.5. The van der Waals surface area contributed by atoms with E-state index < -0.39 is 0 Å². The fourth-order valence-electron chi connectivity index (χ4n) is 6.57. The van der Waals surface area contributed by atoms with Crippen LogP contribution in [0.25, 0.3) is 0 Å². The highest BCUT2D eigenvalue weighted by Crippen LogP contribution is 2.31. The minimum Gasteiger partial charge on any atom is -0.872 e. The molecular weight excluding hydrogens is 554 g/mol. The lowest BCUT2D eigenvalue weighted by molar-refractivity contribution is -0.929. The number of phenols is 2. The van der Waals surface area contributed by atoms with E-state index >= 15 is 0 Å². The van der Waals surface area contributed by atoms with Gasteiger partial charge in [-0.2, -0.15) is 0 Å². The minimum absolute atomic E-state index is 0.0670. The first-order valence-electron chi connectivity index (χ1n) is 17.6. The Morgan fingerprint density at radius 1 is 0.511 bits per heavy atom. The number of aromatic hydroxyl groups is 2. The zero-order valence-electron chi connectivity index (χ0n) is 30.1. The van der Waals surface area contributed by atoms with Crippen molar-refractivity contribution >= 4 is 0 Å². The summed E-state index contributed by atoms with van der Waals surface area (Å²) in [6.07, 6.45) is 12.2. The minimum atomic E-state index is 0.0670. The molecule has 0 bridgehead atoms. The Morgan fingerprint density at radius 2 is 0.800 bits per heavy atom. The highest BCUT2D eigenvalue weighted by atomic mass is 16.3. The highest BCUT2D eigenvalue weighted by Gasteiger charge is 2.24. The number of benzene rings is 3. The molecular formula is C41H63NO3. The second-order valence-corrected chi connectivity index (χ2v) is 13.6. The molecule has 0 amide bonds. The number of unbranched alkanes of at least 4 members (excludes halogenated alkanes) is 4. The van der Waals surface area contributed by atoms with E-state index in [1.54, 1.807) is 0 Å². The van der Waals surface area contributed by atoms with Gasteiger partial charge in [0, 0.05) is 0 Å². The molecule has 0 saturated heterocycles. The molecule has 250 valence electrons.